The minimum absolute atomic E-state index is 0.406. The van der Waals surface area contributed by atoms with Gasteiger partial charge in [0.2, 0.25) is 5.88 Å². The minimum atomic E-state index is -1.47. The maximum absolute atomic E-state index is 8.90. The van der Waals surface area contributed by atoms with Gasteiger partial charge in [-0.05, 0) is 19.9 Å². The summed E-state index contributed by atoms with van der Waals surface area (Å²) in [5.74, 6) is 0.504. The molecule has 0 fully saturated rings. The molecule has 2 N–H and O–H groups in total. The molecular weight excluding hydrogens is 170 g/mol. The molecule has 0 aliphatic rings. The number of ether oxygens (including phenoxy) is 1. The summed E-state index contributed by atoms with van der Waals surface area (Å²) in [6, 6.07) is 3.21. The zero-order valence-corrected chi connectivity index (χ0v) is 7.69. The van der Waals surface area contributed by atoms with Gasteiger partial charge in [0.25, 0.3) is 0 Å². The first-order chi connectivity index (χ1) is 6.15. The van der Waals surface area contributed by atoms with E-state index in [1.54, 1.807) is 19.1 Å². The third-order valence-electron chi connectivity index (χ3n) is 1.67. The molecule has 1 aromatic rings. The highest BCUT2D eigenvalue weighted by Gasteiger charge is 2.08. The summed E-state index contributed by atoms with van der Waals surface area (Å²) in [5, 5.41) is 17.8. The van der Waals surface area contributed by atoms with Crippen LogP contribution in [-0.4, -0.2) is 21.8 Å². The number of nitrogens with zero attached hydrogens (tertiary/aromatic N) is 1. The molecule has 1 rings (SSSR count). The molecule has 0 bridgehead atoms. The van der Waals surface area contributed by atoms with Gasteiger partial charge in [0.1, 0.15) is 0 Å². The van der Waals surface area contributed by atoms with Crippen LogP contribution in [0.15, 0.2) is 12.1 Å². The van der Waals surface area contributed by atoms with Crippen molar-refractivity contribution in [1.29, 1.82) is 0 Å². The number of pyridine rings is 1. The molecule has 0 atom stereocenters. The topological polar surface area (TPSA) is 62.6 Å². The minimum Gasteiger partial charge on any atom is -0.478 e. The first kappa shape index (κ1) is 9.95. The van der Waals surface area contributed by atoms with Gasteiger partial charge in [0.15, 0.2) is 6.29 Å². The Morgan fingerprint density at radius 3 is 2.62 bits per heavy atom. The van der Waals surface area contributed by atoms with Crippen molar-refractivity contribution < 1.29 is 14.9 Å². The summed E-state index contributed by atoms with van der Waals surface area (Å²) in [4.78, 5) is 4.04. The van der Waals surface area contributed by atoms with Gasteiger partial charge in [-0.25, -0.2) is 4.98 Å². The van der Waals surface area contributed by atoms with Crippen LogP contribution < -0.4 is 4.74 Å². The van der Waals surface area contributed by atoms with Crippen molar-refractivity contribution >= 4 is 0 Å². The lowest BCUT2D eigenvalue weighted by atomic mass is 10.2. The zero-order chi connectivity index (χ0) is 9.84. The Morgan fingerprint density at radius 2 is 2.15 bits per heavy atom. The largest absolute Gasteiger partial charge is 0.478 e. The van der Waals surface area contributed by atoms with E-state index in [-0.39, 0.29) is 0 Å². The Kier molecular flexibility index (Phi) is 3.22. The van der Waals surface area contributed by atoms with E-state index in [0.717, 1.165) is 0 Å². The fraction of sp³-hybridized carbons (Fsp3) is 0.444. The molecule has 0 amide bonds. The summed E-state index contributed by atoms with van der Waals surface area (Å²) in [6.07, 6.45) is -1.47. The molecule has 0 unspecified atom stereocenters. The number of aromatic nitrogens is 1. The van der Waals surface area contributed by atoms with Gasteiger partial charge in [-0.15, -0.1) is 0 Å². The molecule has 72 valence electrons. The molecule has 4 heteroatoms. The Bertz CT molecular complexity index is 286. The molecule has 0 saturated carbocycles. The molecule has 0 aliphatic heterocycles. The number of hydrogen-bond donors (Lipinski definition) is 2. The van der Waals surface area contributed by atoms with Crippen LogP contribution in [0, 0.1) is 6.92 Å². The van der Waals surface area contributed by atoms with Crippen LogP contribution in [0.1, 0.15) is 24.5 Å². The van der Waals surface area contributed by atoms with E-state index in [9.17, 15) is 0 Å². The molecule has 0 aliphatic carbocycles. The molecule has 4 nitrogen and oxygen atoms in total. The summed E-state index contributed by atoms with van der Waals surface area (Å²) in [6.45, 7) is 4.12. The van der Waals surface area contributed by atoms with Gasteiger partial charge in [0, 0.05) is 17.3 Å². The van der Waals surface area contributed by atoms with Crippen LogP contribution in [0.4, 0.5) is 0 Å². The van der Waals surface area contributed by atoms with Gasteiger partial charge in [-0.3, -0.25) is 0 Å². The van der Waals surface area contributed by atoms with Crippen molar-refractivity contribution in [2.75, 3.05) is 6.61 Å². The molecule has 13 heavy (non-hydrogen) atoms. The maximum atomic E-state index is 8.90. The lowest BCUT2D eigenvalue weighted by Crippen LogP contribution is -2.02. The van der Waals surface area contributed by atoms with Crippen molar-refractivity contribution in [2.45, 2.75) is 20.1 Å². The number of aryl methyl sites for hydroxylation is 1. The highest BCUT2D eigenvalue weighted by Crippen LogP contribution is 2.17. The second-order valence-electron chi connectivity index (χ2n) is 2.63. The van der Waals surface area contributed by atoms with E-state index in [1.807, 2.05) is 6.92 Å². The van der Waals surface area contributed by atoms with Crippen molar-refractivity contribution in [1.82, 2.24) is 4.98 Å². The van der Waals surface area contributed by atoms with Crippen LogP contribution in [0.25, 0.3) is 0 Å². The quantitative estimate of drug-likeness (QED) is 0.679. The van der Waals surface area contributed by atoms with E-state index < -0.39 is 6.29 Å². The Hall–Kier alpha value is -1.13. The zero-order valence-electron chi connectivity index (χ0n) is 7.69. The van der Waals surface area contributed by atoms with Gasteiger partial charge < -0.3 is 14.9 Å². The Morgan fingerprint density at radius 1 is 1.46 bits per heavy atom. The molecular formula is C9H13NO3. The SMILES string of the molecule is CCOc1ccc(C(O)O)c(C)n1. The van der Waals surface area contributed by atoms with Gasteiger partial charge in [-0.1, -0.05) is 0 Å². The third-order valence-corrected chi connectivity index (χ3v) is 1.67. The first-order valence-electron chi connectivity index (χ1n) is 4.11. The molecule has 0 saturated heterocycles. The van der Waals surface area contributed by atoms with Crippen LogP contribution in [0.2, 0.25) is 0 Å². The van der Waals surface area contributed by atoms with E-state index >= 15 is 0 Å². The van der Waals surface area contributed by atoms with E-state index in [4.69, 9.17) is 14.9 Å². The summed E-state index contributed by atoms with van der Waals surface area (Å²) >= 11 is 0. The second kappa shape index (κ2) is 4.20. The van der Waals surface area contributed by atoms with E-state index in [1.165, 1.54) is 0 Å². The Labute approximate surface area is 76.8 Å². The van der Waals surface area contributed by atoms with Crippen LogP contribution >= 0.6 is 0 Å². The van der Waals surface area contributed by atoms with Gasteiger partial charge in [-0.2, -0.15) is 0 Å². The predicted octanol–water partition coefficient (Wildman–Crippen LogP) is 0.772. The fourth-order valence-corrected chi connectivity index (χ4v) is 1.05. The normalized spacial score (nSPS) is 10.5. The summed E-state index contributed by atoms with van der Waals surface area (Å²) in [7, 11) is 0. The number of aliphatic hydroxyl groups excluding tert-OH is 1. The average molecular weight is 183 g/mol. The van der Waals surface area contributed by atoms with Crippen molar-refractivity contribution in [3.8, 4) is 5.88 Å². The van der Waals surface area contributed by atoms with Crippen LogP contribution in [0.3, 0.4) is 0 Å². The second-order valence-corrected chi connectivity index (χ2v) is 2.63. The molecule has 0 radical (unpaired) electrons. The maximum Gasteiger partial charge on any atom is 0.213 e. The standard InChI is InChI=1S/C9H13NO3/c1-3-13-8-5-4-7(9(11)12)6(2)10-8/h4-5,9,11-12H,3H2,1-2H3. The smallest absolute Gasteiger partial charge is 0.213 e. The van der Waals surface area contributed by atoms with Crippen molar-refractivity contribution in [2.24, 2.45) is 0 Å². The average Bonchev–Trinajstić information content (AvgIpc) is 2.04. The highest BCUT2D eigenvalue weighted by atomic mass is 16.5. The Balaban J connectivity index is 2.92. The first-order valence-corrected chi connectivity index (χ1v) is 4.11. The molecule has 1 heterocycles. The predicted molar refractivity (Wildman–Crippen MR) is 47.3 cm³/mol. The van der Waals surface area contributed by atoms with Crippen molar-refractivity contribution in [3.05, 3.63) is 23.4 Å². The molecule has 0 spiro atoms. The monoisotopic (exact) mass is 183 g/mol. The van der Waals surface area contributed by atoms with Crippen LogP contribution in [0.5, 0.6) is 5.88 Å². The van der Waals surface area contributed by atoms with E-state index in [2.05, 4.69) is 4.98 Å². The summed E-state index contributed by atoms with van der Waals surface area (Å²) < 4.78 is 5.15. The fourth-order valence-electron chi connectivity index (χ4n) is 1.05. The van der Waals surface area contributed by atoms with Gasteiger partial charge in [0.05, 0.1) is 6.61 Å². The van der Waals surface area contributed by atoms with E-state index in [0.29, 0.717) is 23.7 Å². The third kappa shape index (κ3) is 2.40. The van der Waals surface area contributed by atoms with Gasteiger partial charge >= 0.3 is 0 Å². The number of hydrogen-bond acceptors (Lipinski definition) is 4. The summed E-state index contributed by atoms with van der Waals surface area (Å²) in [5.41, 5.74) is 0.976. The number of aliphatic hydroxyl groups is 2. The number of rotatable bonds is 3. The lowest BCUT2D eigenvalue weighted by molar-refractivity contribution is -0.0432. The van der Waals surface area contributed by atoms with Crippen molar-refractivity contribution in [3.63, 3.8) is 0 Å². The van der Waals surface area contributed by atoms with Crippen LogP contribution in [-0.2, 0) is 0 Å². The lowest BCUT2D eigenvalue weighted by Gasteiger charge is -2.08. The molecule has 0 aromatic carbocycles. The molecule has 1 aromatic heterocycles. The highest BCUT2D eigenvalue weighted by molar-refractivity contribution is 5.25.